The molecule has 6 heteroatoms. The lowest BCUT2D eigenvalue weighted by molar-refractivity contribution is 0.343. The fraction of sp³-hybridized carbons (Fsp3) is 0.357. The van der Waals surface area contributed by atoms with E-state index in [2.05, 4.69) is 5.10 Å². The summed E-state index contributed by atoms with van der Waals surface area (Å²) in [5, 5.41) is 4.10. The van der Waals surface area contributed by atoms with Gasteiger partial charge in [0.2, 0.25) is 0 Å². The summed E-state index contributed by atoms with van der Waals surface area (Å²) in [6.45, 7) is 1.46. The first kappa shape index (κ1) is 14.2. The van der Waals surface area contributed by atoms with Crippen molar-refractivity contribution in [2.24, 2.45) is 7.05 Å². The highest BCUT2D eigenvalue weighted by Gasteiger charge is 2.19. The van der Waals surface area contributed by atoms with Crippen molar-refractivity contribution >= 4 is 5.82 Å². The number of benzene rings is 1. The van der Waals surface area contributed by atoms with Crippen molar-refractivity contribution in [3.63, 3.8) is 0 Å². The average Bonchev–Trinajstić information content (AvgIpc) is 2.77. The van der Waals surface area contributed by atoms with Crippen LogP contribution in [0.1, 0.15) is 18.7 Å². The van der Waals surface area contributed by atoms with E-state index in [0.717, 1.165) is 0 Å². The van der Waals surface area contributed by atoms with Crippen molar-refractivity contribution in [1.29, 1.82) is 0 Å². The van der Waals surface area contributed by atoms with Crippen LogP contribution in [-0.4, -0.2) is 24.0 Å². The number of aromatic nitrogens is 2. The van der Waals surface area contributed by atoms with Gasteiger partial charge in [0.05, 0.1) is 20.4 Å². The van der Waals surface area contributed by atoms with Crippen LogP contribution in [0.15, 0.2) is 18.3 Å². The van der Waals surface area contributed by atoms with E-state index >= 15 is 0 Å². The Morgan fingerprint density at radius 3 is 2.30 bits per heavy atom. The second-order valence-electron chi connectivity index (χ2n) is 4.48. The summed E-state index contributed by atoms with van der Waals surface area (Å²) in [6, 6.07) is 3.35. The Kier molecular flexibility index (Phi) is 3.83. The van der Waals surface area contributed by atoms with Gasteiger partial charge in [-0.3, -0.25) is 4.68 Å². The van der Waals surface area contributed by atoms with Gasteiger partial charge < -0.3 is 15.2 Å². The number of anilines is 1. The maximum atomic E-state index is 13.7. The molecule has 1 unspecified atom stereocenters. The standard InChI is InChI=1S/C14H18FN3O2/c1-8(15)9-5-10(11-7-17-18(2)14(11)16)13(20-4)6-12(9)19-3/h5-8H,16H2,1-4H3. The first-order valence-corrected chi connectivity index (χ1v) is 6.17. The lowest BCUT2D eigenvalue weighted by atomic mass is 10.0. The third-order valence-corrected chi connectivity index (χ3v) is 3.26. The summed E-state index contributed by atoms with van der Waals surface area (Å²) in [5.74, 6) is 1.50. The van der Waals surface area contributed by atoms with E-state index in [1.807, 2.05) is 0 Å². The van der Waals surface area contributed by atoms with Crippen LogP contribution in [0.5, 0.6) is 11.5 Å². The maximum Gasteiger partial charge on any atom is 0.130 e. The molecule has 2 aromatic rings. The van der Waals surface area contributed by atoms with E-state index in [9.17, 15) is 4.39 Å². The fourth-order valence-electron chi connectivity index (χ4n) is 2.10. The van der Waals surface area contributed by atoms with E-state index in [-0.39, 0.29) is 0 Å². The minimum absolute atomic E-state index is 0.447. The first-order chi connectivity index (χ1) is 9.49. The smallest absolute Gasteiger partial charge is 0.130 e. The van der Waals surface area contributed by atoms with Crippen LogP contribution in [0.3, 0.4) is 0 Å². The van der Waals surface area contributed by atoms with Gasteiger partial charge in [-0.1, -0.05) is 0 Å². The van der Waals surface area contributed by atoms with Crippen molar-refractivity contribution in [3.05, 3.63) is 23.9 Å². The number of hydrogen-bond acceptors (Lipinski definition) is 4. The number of aryl methyl sites for hydroxylation is 1. The summed E-state index contributed by atoms with van der Waals surface area (Å²) in [7, 11) is 4.79. The van der Waals surface area contributed by atoms with E-state index in [1.165, 1.54) is 14.0 Å². The molecule has 5 nitrogen and oxygen atoms in total. The number of nitrogens with zero attached hydrogens (tertiary/aromatic N) is 2. The third kappa shape index (κ3) is 2.29. The monoisotopic (exact) mass is 279 g/mol. The number of nitrogens with two attached hydrogens (primary N) is 1. The number of halogens is 1. The molecular weight excluding hydrogens is 261 g/mol. The SMILES string of the molecule is COc1cc(OC)c(C(C)F)cc1-c1cnn(C)c1N. The number of alkyl halides is 1. The molecule has 0 saturated heterocycles. The Morgan fingerprint density at radius 1 is 1.20 bits per heavy atom. The highest BCUT2D eigenvalue weighted by atomic mass is 19.1. The average molecular weight is 279 g/mol. The van der Waals surface area contributed by atoms with E-state index in [4.69, 9.17) is 15.2 Å². The van der Waals surface area contributed by atoms with Crippen molar-refractivity contribution in [3.8, 4) is 22.6 Å². The summed E-state index contributed by atoms with van der Waals surface area (Å²) in [4.78, 5) is 0. The molecular formula is C14H18FN3O2. The largest absolute Gasteiger partial charge is 0.496 e. The summed E-state index contributed by atoms with van der Waals surface area (Å²) < 4.78 is 25.8. The molecule has 0 bridgehead atoms. The zero-order valence-corrected chi connectivity index (χ0v) is 12.0. The normalized spacial score (nSPS) is 12.2. The Hall–Kier alpha value is -2.24. The molecule has 2 rings (SSSR count). The van der Waals surface area contributed by atoms with Gasteiger partial charge in [0, 0.05) is 29.8 Å². The maximum absolute atomic E-state index is 13.7. The Balaban J connectivity index is 2.68. The summed E-state index contributed by atoms with van der Waals surface area (Å²) >= 11 is 0. The van der Waals surface area contributed by atoms with Gasteiger partial charge in [-0.15, -0.1) is 0 Å². The van der Waals surface area contributed by atoms with Crippen LogP contribution in [0.2, 0.25) is 0 Å². The van der Waals surface area contributed by atoms with Crippen molar-refractivity contribution in [2.45, 2.75) is 13.1 Å². The molecule has 0 aliphatic rings. The number of methoxy groups -OCH3 is 2. The summed E-state index contributed by atoms with van der Waals surface area (Å²) in [5.41, 5.74) is 7.82. The molecule has 1 atom stereocenters. The molecule has 108 valence electrons. The van der Waals surface area contributed by atoms with Gasteiger partial charge >= 0.3 is 0 Å². The van der Waals surface area contributed by atoms with Gasteiger partial charge in [0.1, 0.15) is 23.5 Å². The Morgan fingerprint density at radius 2 is 1.85 bits per heavy atom. The van der Waals surface area contributed by atoms with Gasteiger partial charge in [-0.2, -0.15) is 5.10 Å². The predicted molar refractivity (Wildman–Crippen MR) is 75.7 cm³/mol. The molecule has 0 amide bonds. The van der Waals surface area contributed by atoms with E-state index < -0.39 is 6.17 Å². The molecule has 20 heavy (non-hydrogen) atoms. The van der Waals surface area contributed by atoms with Crippen LogP contribution in [-0.2, 0) is 7.05 Å². The van der Waals surface area contributed by atoms with Crippen molar-refractivity contribution in [1.82, 2.24) is 9.78 Å². The molecule has 1 aromatic carbocycles. The van der Waals surface area contributed by atoms with Crippen molar-refractivity contribution < 1.29 is 13.9 Å². The molecule has 1 aromatic heterocycles. The number of ether oxygens (including phenoxy) is 2. The molecule has 2 N–H and O–H groups in total. The van der Waals surface area contributed by atoms with Gasteiger partial charge in [-0.05, 0) is 13.0 Å². The number of rotatable bonds is 4. The van der Waals surface area contributed by atoms with Crippen LogP contribution in [0.4, 0.5) is 10.2 Å². The zero-order valence-electron chi connectivity index (χ0n) is 12.0. The zero-order chi connectivity index (χ0) is 14.9. The van der Waals surface area contributed by atoms with Gasteiger partial charge in [0.25, 0.3) is 0 Å². The number of hydrogen-bond donors (Lipinski definition) is 1. The highest BCUT2D eigenvalue weighted by molar-refractivity contribution is 5.80. The lowest BCUT2D eigenvalue weighted by Crippen LogP contribution is -2.00. The Labute approximate surface area is 117 Å². The van der Waals surface area contributed by atoms with E-state index in [0.29, 0.717) is 34.0 Å². The van der Waals surface area contributed by atoms with Crippen LogP contribution >= 0.6 is 0 Å². The molecule has 0 fully saturated rings. The highest BCUT2D eigenvalue weighted by Crippen LogP contribution is 2.40. The third-order valence-electron chi connectivity index (χ3n) is 3.26. The topological polar surface area (TPSA) is 62.3 Å². The molecule has 0 radical (unpaired) electrons. The molecule has 0 aliphatic heterocycles. The Bertz CT molecular complexity index is 623. The lowest BCUT2D eigenvalue weighted by Gasteiger charge is -2.15. The van der Waals surface area contributed by atoms with Crippen molar-refractivity contribution in [2.75, 3.05) is 20.0 Å². The van der Waals surface area contributed by atoms with Gasteiger partial charge in [-0.25, -0.2) is 4.39 Å². The predicted octanol–water partition coefficient (Wildman–Crippen LogP) is 2.72. The second-order valence-corrected chi connectivity index (χ2v) is 4.48. The molecule has 0 aliphatic carbocycles. The second kappa shape index (κ2) is 5.40. The molecule has 0 saturated carbocycles. The summed E-state index contributed by atoms with van der Waals surface area (Å²) in [6.07, 6.45) is 0.472. The van der Waals surface area contributed by atoms with Crippen LogP contribution in [0, 0.1) is 0 Å². The number of nitrogen functional groups attached to an aromatic ring is 1. The van der Waals surface area contributed by atoms with Crippen LogP contribution < -0.4 is 15.2 Å². The quantitative estimate of drug-likeness (QED) is 0.934. The van der Waals surface area contributed by atoms with E-state index in [1.54, 1.807) is 37.2 Å². The van der Waals surface area contributed by atoms with Crippen LogP contribution in [0.25, 0.3) is 11.1 Å². The molecule has 0 spiro atoms. The minimum Gasteiger partial charge on any atom is -0.496 e. The fourth-order valence-corrected chi connectivity index (χ4v) is 2.10. The molecule has 1 heterocycles. The first-order valence-electron chi connectivity index (χ1n) is 6.17. The minimum atomic E-state index is -1.16. The van der Waals surface area contributed by atoms with Gasteiger partial charge in [0.15, 0.2) is 0 Å².